The molecule has 0 aliphatic carbocycles. The molecular formula is C18H27N3O6. The summed E-state index contributed by atoms with van der Waals surface area (Å²) in [5.41, 5.74) is 6.23. The Balaban J connectivity index is 2.53. The molecule has 27 heavy (non-hydrogen) atoms. The number of ether oxygens (including phenoxy) is 1. The average Bonchev–Trinajstić information content (AvgIpc) is 2.63. The SMILES string of the molecule is C[C@H](N)C(=O)NC(CO)C(=O)N[C@@H](C)COC(Cc1ccccc1)C(=O)O. The summed E-state index contributed by atoms with van der Waals surface area (Å²) in [4.78, 5) is 35.0. The summed E-state index contributed by atoms with van der Waals surface area (Å²) in [5.74, 6) is -2.28. The van der Waals surface area contributed by atoms with Gasteiger partial charge >= 0.3 is 5.97 Å². The maximum Gasteiger partial charge on any atom is 0.333 e. The summed E-state index contributed by atoms with van der Waals surface area (Å²) in [5, 5.41) is 23.5. The Hall–Kier alpha value is -2.49. The van der Waals surface area contributed by atoms with Gasteiger partial charge in [-0.25, -0.2) is 4.79 Å². The number of aliphatic hydroxyl groups is 1. The first kappa shape index (κ1) is 22.6. The third-order valence-corrected chi connectivity index (χ3v) is 3.70. The Morgan fingerprint density at radius 2 is 1.74 bits per heavy atom. The van der Waals surface area contributed by atoms with Crippen LogP contribution in [0.1, 0.15) is 19.4 Å². The standard InChI is InChI=1S/C18H27N3O6/c1-11(20-17(24)14(9-22)21-16(23)12(2)19)10-27-15(18(25)26)8-13-6-4-3-5-7-13/h3-7,11-12,14-15,22H,8-10,19H2,1-2H3,(H,20,24)(H,21,23)(H,25,26)/t11-,12-,14?,15?/m0/s1. The monoisotopic (exact) mass is 381 g/mol. The molecule has 0 spiro atoms. The van der Waals surface area contributed by atoms with Gasteiger partial charge in [0.15, 0.2) is 6.10 Å². The van der Waals surface area contributed by atoms with E-state index < -0.39 is 48.6 Å². The maximum atomic E-state index is 12.1. The normalized spacial score (nSPS) is 15.3. The van der Waals surface area contributed by atoms with E-state index in [1.165, 1.54) is 6.92 Å². The Kier molecular flexibility index (Phi) is 9.41. The molecule has 0 heterocycles. The first-order valence-corrected chi connectivity index (χ1v) is 8.60. The number of carboxylic acid groups (broad SMARTS) is 1. The van der Waals surface area contributed by atoms with Gasteiger partial charge in [-0.05, 0) is 19.4 Å². The van der Waals surface area contributed by atoms with Crippen molar-refractivity contribution in [2.24, 2.45) is 5.73 Å². The number of rotatable bonds is 11. The summed E-state index contributed by atoms with van der Waals surface area (Å²) >= 11 is 0. The molecule has 0 saturated carbocycles. The predicted molar refractivity (Wildman–Crippen MR) is 97.8 cm³/mol. The topological polar surface area (TPSA) is 151 Å². The molecule has 9 nitrogen and oxygen atoms in total. The molecule has 0 aromatic heterocycles. The van der Waals surface area contributed by atoms with Crippen molar-refractivity contribution in [3.8, 4) is 0 Å². The first-order chi connectivity index (χ1) is 12.7. The Morgan fingerprint density at radius 1 is 1.11 bits per heavy atom. The van der Waals surface area contributed by atoms with Gasteiger partial charge in [0.2, 0.25) is 11.8 Å². The highest BCUT2D eigenvalue weighted by atomic mass is 16.5. The van der Waals surface area contributed by atoms with Gasteiger partial charge in [0.1, 0.15) is 6.04 Å². The molecule has 0 fully saturated rings. The quantitative estimate of drug-likeness (QED) is 0.331. The third-order valence-electron chi connectivity index (χ3n) is 3.70. The van der Waals surface area contributed by atoms with Gasteiger partial charge in [0.25, 0.3) is 0 Å². The highest BCUT2D eigenvalue weighted by Crippen LogP contribution is 2.07. The summed E-state index contributed by atoms with van der Waals surface area (Å²) in [6, 6.07) is 6.56. The molecule has 2 unspecified atom stereocenters. The van der Waals surface area contributed by atoms with Crippen LogP contribution in [-0.4, -0.2) is 65.4 Å². The summed E-state index contributed by atoms with van der Waals surface area (Å²) < 4.78 is 5.42. The zero-order chi connectivity index (χ0) is 20.4. The minimum Gasteiger partial charge on any atom is -0.479 e. The Bertz CT molecular complexity index is 623. The number of benzene rings is 1. The largest absolute Gasteiger partial charge is 0.479 e. The molecule has 6 N–H and O–H groups in total. The van der Waals surface area contributed by atoms with Crippen molar-refractivity contribution in [3.05, 3.63) is 35.9 Å². The van der Waals surface area contributed by atoms with Crippen LogP contribution in [0.25, 0.3) is 0 Å². The fourth-order valence-electron chi connectivity index (χ4n) is 2.19. The first-order valence-electron chi connectivity index (χ1n) is 8.60. The molecule has 1 aromatic rings. The lowest BCUT2D eigenvalue weighted by atomic mass is 10.1. The van der Waals surface area contributed by atoms with Crippen LogP contribution in [0.2, 0.25) is 0 Å². The lowest BCUT2D eigenvalue weighted by Crippen LogP contribution is -2.54. The average molecular weight is 381 g/mol. The molecule has 0 aliphatic heterocycles. The van der Waals surface area contributed by atoms with Crippen LogP contribution in [-0.2, 0) is 25.5 Å². The molecule has 1 aromatic carbocycles. The van der Waals surface area contributed by atoms with Gasteiger partial charge in [0.05, 0.1) is 19.3 Å². The highest BCUT2D eigenvalue weighted by Gasteiger charge is 2.24. The lowest BCUT2D eigenvalue weighted by molar-refractivity contribution is -0.150. The van der Waals surface area contributed by atoms with E-state index in [-0.39, 0.29) is 13.0 Å². The molecule has 1 rings (SSSR count). The van der Waals surface area contributed by atoms with Crippen LogP contribution in [0.3, 0.4) is 0 Å². The second kappa shape index (κ2) is 11.3. The van der Waals surface area contributed by atoms with E-state index in [1.807, 2.05) is 18.2 Å². The number of amides is 2. The fraction of sp³-hybridized carbons (Fsp3) is 0.500. The number of carboxylic acids is 1. The number of nitrogens with one attached hydrogen (secondary N) is 2. The molecule has 0 aliphatic rings. The van der Waals surface area contributed by atoms with Crippen molar-refractivity contribution in [3.63, 3.8) is 0 Å². The summed E-state index contributed by atoms with van der Waals surface area (Å²) in [6.07, 6.45) is -0.862. The maximum absolute atomic E-state index is 12.1. The molecule has 0 saturated heterocycles. The highest BCUT2D eigenvalue weighted by molar-refractivity contribution is 5.89. The number of hydrogen-bond donors (Lipinski definition) is 5. The smallest absolute Gasteiger partial charge is 0.333 e. The molecule has 150 valence electrons. The number of aliphatic carboxylic acids is 1. The van der Waals surface area contributed by atoms with Crippen molar-refractivity contribution in [2.75, 3.05) is 13.2 Å². The van der Waals surface area contributed by atoms with E-state index in [0.29, 0.717) is 0 Å². The number of nitrogens with two attached hydrogens (primary N) is 1. The minimum atomic E-state index is -1.15. The van der Waals surface area contributed by atoms with Crippen molar-refractivity contribution < 1.29 is 29.3 Å². The van der Waals surface area contributed by atoms with Crippen LogP contribution in [0.5, 0.6) is 0 Å². The van der Waals surface area contributed by atoms with Gasteiger partial charge in [0, 0.05) is 12.5 Å². The van der Waals surface area contributed by atoms with Gasteiger partial charge < -0.3 is 31.3 Å². The third kappa shape index (κ3) is 8.16. The van der Waals surface area contributed by atoms with Crippen LogP contribution < -0.4 is 16.4 Å². The van der Waals surface area contributed by atoms with E-state index in [9.17, 15) is 24.6 Å². The Morgan fingerprint density at radius 3 is 2.26 bits per heavy atom. The van der Waals surface area contributed by atoms with Crippen LogP contribution in [0.15, 0.2) is 30.3 Å². The van der Waals surface area contributed by atoms with E-state index in [2.05, 4.69) is 10.6 Å². The molecule has 9 heteroatoms. The number of hydrogen-bond acceptors (Lipinski definition) is 6. The lowest BCUT2D eigenvalue weighted by Gasteiger charge is -2.22. The van der Waals surface area contributed by atoms with Gasteiger partial charge in [-0.15, -0.1) is 0 Å². The van der Waals surface area contributed by atoms with Crippen molar-refractivity contribution in [1.29, 1.82) is 0 Å². The molecule has 4 atom stereocenters. The summed E-state index contributed by atoms with van der Waals surface area (Å²) in [7, 11) is 0. The van der Waals surface area contributed by atoms with Gasteiger partial charge in [-0.3, -0.25) is 9.59 Å². The minimum absolute atomic E-state index is 0.0467. The number of aliphatic hydroxyl groups excluding tert-OH is 1. The van der Waals surface area contributed by atoms with Crippen LogP contribution >= 0.6 is 0 Å². The van der Waals surface area contributed by atoms with Crippen LogP contribution in [0.4, 0.5) is 0 Å². The molecule has 0 radical (unpaired) electrons. The second-order valence-electron chi connectivity index (χ2n) is 6.29. The second-order valence-corrected chi connectivity index (χ2v) is 6.29. The molecule has 0 bridgehead atoms. The van der Waals surface area contributed by atoms with Gasteiger partial charge in [-0.2, -0.15) is 0 Å². The van der Waals surface area contributed by atoms with E-state index in [4.69, 9.17) is 10.5 Å². The van der Waals surface area contributed by atoms with Gasteiger partial charge in [-0.1, -0.05) is 30.3 Å². The number of carbonyl (C=O) groups is 3. The van der Waals surface area contributed by atoms with Crippen LogP contribution in [0, 0.1) is 0 Å². The fourth-order valence-corrected chi connectivity index (χ4v) is 2.19. The molecule has 2 amide bonds. The Labute approximate surface area is 157 Å². The predicted octanol–water partition coefficient (Wildman–Crippen LogP) is -0.972. The summed E-state index contributed by atoms with van der Waals surface area (Å²) in [6.45, 7) is 2.44. The van der Waals surface area contributed by atoms with E-state index in [1.54, 1.807) is 19.1 Å². The number of carbonyl (C=O) groups excluding carboxylic acids is 2. The van der Waals surface area contributed by atoms with Crippen molar-refractivity contribution in [2.45, 2.75) is 44.5 Å². The van der Waals surface area contributed by atoms with E-state index >= 15 is 0 Å². The van der Waals surface area contributed by atoms with E-state index in [0.717, 1.165) is 5.56 Å². The zero-order valence-electron chi connectivity index (χ0n) is 15.4. The zero-order valence-corrected chi connectivity index (χ0v) is 15.4. The van der Waals surface area contributed by atoms with Crippen molar-refractivity contribution in [1.82, 2.24) is 10.6 Å². The van der Waals surface area contributed by atoms with Crippen molar-refractivity contribution >= 4 is 17.8 Å². The molecular weight excluding hydrogens is 354 g/mol.